The molecular weight excluding hydrogens is 491 g/mol. The maximum Gasteiger partial charge on any atom is 0.490 e. The number of nitrogens with zero attached hydrogens (tertiary/aromatic N) is 1. The Balaban J connectivity index is 2.16. The molecule has 0 saturated carbocycles. The van der Waals surface area contributed by atoms with Gasteiger partial charge in [-0.1, -0.05) is 6.08 Å². The zero-order chi connectivity index (χ0) is 23.8. The lowest BCUT2D eigenvalue weighted by atomic mass is 9.96. The number of phosphoric ester groups is 1. The van der Waals surface area contributed by atoms with Crippen LogP contribution in [0.3, 0.4) is 0 Å². The average Bonchev–Trinajstić information content (AvgIpc) is 2.82. The Bertz CT molecular complexity index is 928. The van der Waals surface area contributed by atoms with Crippen LogP contribution in [0.4, 0.5) is 0 Å². The van der Waals surface area contributed by atoms with Crippen LogP contribution in [0.2, 0.25) is 0 Å². The zero-order valence-corrected chi connectivity index (χ0v) is 17.9. The molecular formula is C12H18NO15P3. The normalized spacial score (nSPS) is 33.2. The Morgan fingerprint density at radius 2 is 1.77 bits per heavy atom. The number of ether oxygens (including phenoxy) is 1. The van der Waals surface area contributed by atoms with Crippen molar-refractivity contribution in [2.45, 2.75) is 30.5 Å². The van der Waals surface area contributed by atoms with Gasteiger partial charge < -0.3 is 34.5 Å². The Labute approximate surface area is 173 Å². The first-order chi connectivity index (χ1) is 14.0. The number of phosphoric acid groups is 3. The summed E-state index contributed by atoms with van der Waals surface area (Å²) in [5, 5.41) is 20.6. The van der Waals surface area contributed by atoms with E-state index in [-0.39, 0.29) is 0 Å². The van der Waals surface area contributed by atoms with Gasteiger partial charge >= 0.3 is 23.5 Å². The second-order valence-corrected chi connectivity index (χ2v) is 10.6. The number of hydrogen-bond donors (Lipinski definition) is 6. The Morgan fingerprint density at radius 1 is 1.16 bits per heavy atom. The number of ketones is 1. The van der Waals surface area contributed by atoms with E-state index in [0.29, 0.717) is 0 Å². The van der Waals surface area contributed by atoms with Gasteiger partial charge in [0.05, 0.1) is 13.0 Å². The number of aliphatic hydroxyl groups is 2. The van der Waals surface area contributed by atoms with E-state index in [9.17, 15) is 38.4 Å². The molecule has 2 aliphatic heterocycles. The fourth-order valence-electron chi connectivity index (χ4n) is 2.64. The highest BCUT2D eigenvalue weighted by molar-refractivity contribution is 7.66. The molecule has 19 heteroatoms. The van der Waals surface area contributed by atoms with Gasteiger partial charge in [-0.3, -0.25) is 19.0 Å². The summed E-state index contributed by atoms with van der Waals surface area (Å²) in [5.74, 6) is -1.30. The summed E-state index contributed by atoms with van der Waals surface area (Å²) in [6.45, 7) is 2.19. The topological polar surface area (TPSA) is 247 Å². The van der Waals surface area contributed by atoms with Crippen LogP contribution in [0.25, 0.3) is 0 Å². The molecule has 6 atom stereocenters. The molecule has 0 aromatic carbocycles. The van der Waals surface area contributed by atoms with Crippen molar-refractivity contribution in [2.75, 3.05) is 6.61 Å². The van der Waals surface area contributed by atoms with E-state index in [1.807, 2.05) is 0 Å². The minimum Gasteiger partial charge on any atom is -0.387 e. The number of hydrogen-bond acceptors (Lipinski definition) is 11. The molecule has 0 bridgehead atoms. The van der Waals surface area contributed by atoms with Crippen LogP contribution in [0, 0.1) is 0 Å². The Hall–Kier alpha value is -1.09. The fraction of sp³-hybridized carbons (Fsp3) is 0.500. The summed E-state index contributed by atoms with van der Waals surface area (Å²) < 4.78 is 50.8. The third-order valence-corrected chi connectivity index (χ3v) is 7.76. The molecule has 0 spiro atoms. The summed E-state index contributed by atoms with van der Waals surface area (Å²) in [7, 11) is -16.9. The van der Waals surface area contributed by atoms with Crippen molar-refractivity contribution in [3.63, 3.8) is 0 Å². The van der Waals surface area contributed by atoms with E-state index in [2.05, 4.69) is 19.7 Å². The standard InChI is InChI=1S/C12H18NO15P3/c1-2-12(6-25-30(21,22)28-31(23,24)27-29(18,19)20)10(17)9(16)11(26-12)13-4-3-7(14)5-8(13)15/h2-4,9-11,16-17H,1,5-6H2,(H,21,22)(H,23,24)(H2,18,19,20)/t9-,10+,11-,12-/m1/s1. The molecule has 2 aliphatic rings. The van der Waals surface area contributed by atoms with Crippen molar-refractivity contribution in [3.8, 4) is 0 Å². The maximum absolute atomic E-state index is 12.0. The van der Waals surface area contributed by atoms with Gasteiger partial charge in [-0.05, 0) is 6.08 Å². The fourth-order valence-corrected chi connectivity index (χ4v) is 5.70. The number of carbonyl (C=O) groups excluding carboxylic acids is 2. The molecule has 1 amide bonds. The maximum atomic E-state index is 12.0. The van der Waals surface area contributed by atoms with E-state index in [1.54, 1.807) is 0 Å². The number of aliphatic hydroxyl groups excluding tert-OH is 2. The molecule has 31 heavy (non-hydrogen) atoms. The number of rotatable bonds is 9. The second-order valence-electron chi connectivity index (χ2n) is 6.23. The van der Waals surface area contributed by atoms with Gasteiger partial charge in [0, 0.05) is 6.20 Å². The Kier molecular flexibility index (Phi) is 7.63. The monoisotopic (exact) mass is 509 g/mol. The van der Waals surface area contributed by atoms with E-state index in [0.717, 1.165) is 23.3 Å². The van der Waals surface area contributed by atoms with Gasteiger partial charge in [-0.25, -0.2) is 13.7 Å². The first kappa shape index (κ1) is 26.2. The van der Waals surface area contributed by atoms with Gasteiger partial charge in [-0.15, -0.1) is 6.58 Å². The largest absolute Gasteiger partial charge is 0.490 e. The summed E-state index contributed by atoms with van der Waals surface area (Å²) >= 11 is 0. The van der Waals surface area contributed by atoms with Crippen molar-refractivity contribution < 1.29 is 71.0 Å². The van der Waals surface area contributed by atoms with Crippen LogP contribution < -0.4 is 0 Å². The SMILES string of the molecule is C=C[C@]1(COP(=O)(O)OP(=O)(O)OP(=O)(O)O)O[C@@H](N2C=CC(=O)CC2=O)[C@H](O)[C@@H]1O. The molecule has 0 aliphatic carbocycles. The molecule has 0 aromatic heterocycles. The highest BCUT2D eigenvalue weighted by Crippen LogP contribution is 2.66. The molecule has 16 nitrogen and oxygen atoms in total. The quantitative estimate of drug-likeness (QED) is 0.119. The molecule has 6 N–H and O–H groups in total. The lowest BCUT2D eigenvalue weighted by Gasteiger charge is -2.31. The summed E-state index contributed by atoms with van der Waals surface area (Å²) in [6.07, 6.45) is -2.99. The van der Waals surface area contributed by atoms with Crippen molar-refractivity contribution in [1.82, 2.24) is 4.90 Å². The highest BCUT2D eigenvalue weighted by atomic mass is 31.3. The Morgan fingerprint density at radius 3 is 2.29 bits per heavy atom. The van der Waals surface area contributed by atoms with Gasteiger partial charge in [-0.2, -0.15) is 8.62 Å². The van der Waals surface area contributed by atoms with Gasteiger partial charge in [0.25, 0.3) is 0 Å². The second kappa shape index (κ2) is 9.04. The summed E-state index contributed by atoms with van der Waals surface area (Å²) in [4.78, 5) is 59.8. The van der Waals surface area contributed by atoms with Crippen molar-refractivity contribution in [2.24, 2.45) is 0 Å². The minimum atomic E-state index is -5.78. The van der Waals surface area contributed by atoms with Crippen LogP contribution in [0.1, 0.15) is 6.42 Å². The number of carbonyl (C=O) groups is 2. The molecule has 2 unspecified atom stereocenters. The van der Waals surface area contributed by atoms with Crippen LogP contribution in [-0.2, 0) is 41.2 Å². The lowest BCUT2D eigenvalue weighted by molar-refractivity contribution is -0.153. The number of amides is 1. The molecule has 0 radical (unpaired) electrons. The molecule has 1 fully saturated rings. The average molecular weight is 509 g/mol. The van der Waals surface area contributed by atoms with Crippen molar-refractivity contribution in [3.05, 3.63) is 24.9 Å². The molecule has 1 saturated heterocycles. The van der Waals surface area contributed by atoms with Gasteiger partial charge in [0.2, 0.25) is 5.91 Å². The summed E-state index contributed by atoms with van der Waals surface area (Å²) in [5.41, 5.74) is -2.16. The highest BCUT2D eigenvalue weighted by Gasteiger charge is 2.56. The predicted octanol–water partition coefficient (Wildman–Crippen LogP) is -1.35. The lowest BCUT2D eigenvalue weighted by Crippen LogP contribution is -2.46. The first-order valence-corrected chi connectivity index (χ1v) is 12.5. The zero-order valence-electron chi connectivity index (χ0n) is 15.2. The van der Waals surface area contributed by atoms with Gasteiger partial charge in [0.1, 0.15) is 17.8 Å². The molecule has 2 heterocycles. The summed E-state index contributed by atoms with van der Waals surface area (Å²) in [6, 6.07) is 0. The first-order valence-electron chi connectivity index (χ1n) is 7.99. The van der Waals surface area contributed by atoms with Crippen LogP contribution >= 0.6 is 23.5 Å². The minimum absolute atomic E-state index is 0.517. The van der Waals surface area contributed by atoms with E-state index in [4.69, 9.17) is 19.4 Å². The van der Waals surface area contributed by atoms with Crippen LogP contribution in [0.5, 0.6) is 0 Å². The van der Waals surface area contributed by atoms with Crippen molar-refractivity contribution in [1.29, 1.82) is 0 Å². The third kappa shape index (κ3) is 6.46. The third-order valence-electron chi connectivity index (χ3n) is 3.98. The van der Waals surface area contributed by atoms with Crippen LogP contribution in [-0.4, -0.2) is 77.0 Å². The van der Waals surface area contributed by atoms with Crippen LogP contribution in [0.15, 0.2) is 24.9 Å². The molecule has 2 rings (SSSR count). The molecule has 176 valence electrons. The van der Waals surface area contributed by atoms with E-state index >= 15 is 0 Å². The molecule has 0 aromatic rings. The van der Waals surface area contributed by atoms with Crippen molar-refractivity contribution >= 4 is 35.2 Å². The predicted molar refractivity (Wildman–Crippen MR) is 95.2 cm³/mol. The van der Waals surface area contributed by atoms with E-state index < -0.39 is 72.2 Å². The number of allylic oxidation sites excluding steroid dienone is 1. The smallest absolute Gasteiger partial charge is 0.387 e. The van der Waals surface area contributed by atoms with E-state index in [1.165, 1.54) is 0 Å². The van der Waals surface area contributed by atoms with Gasteiger partial charge in [0.15, 0.2) is 12.0 Å².